The molecular formula is C14H10Cl2F2. The first-order valence-electron chi connectivity index (χ1n) is 5.33. The van der Waals surface area contributed by atoms with Crippen LogP contribution in [0.5, 0.6) is 0 Å². The lowest BCUT2D eigenvalue weighted by Crippen LogP contribution is -1.98. The molecule has 0 amide bonds. The highest BCUT2D eigenvalue weighted by molar-refractivity contribution is 6.31. The van der Waals surface area contributed by atoms with E-state index in [1.165, 1.54) is 12.1 Å². The number of benzene rings is 2. The van der Waals surface area contributed by atoms with Gasteiger partial charge in [0.2, 0.25) is 0 Å². The van der Waals surface area contributed by atoms with Crippen LogP contribution in [-0.4, -0.2) is 0 Å². The van der Waals surface area contributed by atoms with Crippen molar-refractivity contribution < 1.29 is 8.78 Å². The Balaban J connectivity index is 2.44. The van der Waals surface area contributed by atoms with Crippen LogP contribution in [0.4, 0.5) is 8.78 Å². The van der Waals surface area contributed by atoms with E-state index in [4.69, 9.17) is 23.2 Å². The molecule has 0 N–H and O–H groups in total. The molecule has 0 aromatic heterocycles. The van der Waals surface area contributed by atoms with Crippen LogP contribution in [-0.2, 0) is 0 Å². The lowest BCUT2D eigenvalue weighted by molar-refractivity contribution is 0.573. The fourth-order valence-electron chi connectivity index (χ4n) is 1.80. The number of aryl methyl sites for hydroxylation is 1. The minimum atomic E-state index is -0.692. The van der Waals surface area contributed by atoms with E-state index in [2.05, 4.69) is 0 Å². The molecule has 0 bridgehead atoms. The van der Waals surface area contributed by atoms with E-state index in [9.17, 15) is 8.78 Å². The molecule has 1 atom stereocenters. The predicted molar refractivity (Wildman–Crippen MR) is 70.2 cm³/mol. The summed E-state index contributed by atoms with van der Waals surface area (Å²) in [5, 5.41) is -0.152. The third-order valence-corrected chi connectivity index (χ3v) is 3.30. The summed E-state index contributed by atoms with van der Waals surface area (Å²) in [4.78, 5) is 0. The maximum absolute atomic E-state index is 13.6. The monoisotopic (exact) mass is 286 g/mol. The number of hydrogen-bond donors (Lipinski definition) is 0. The number of halogens is 4. The lowest BCUT2D eigenvalue weighted by Gasteiger charge is -2.12. The van der Waals surface area contributed by atoms with E-state index in [0.717, 1.165) is 11.6 Å². The first kappa shape index (κ1) is 13.3. The van der Waals surface area contributed by atoms with E-state index in [0.29, 0.717) is 10.6 Å². The maximum Gasteiger partial charge on any atom is 0.131 e. The molecular weight excluding hydrogens is 277 g/mol. The average Bonchev–Trinajstić information content (AvgIpc) is 2.26. The quantitative estimate of drug-likeness (QED) is 0.661. The summed E-state index contributed by atoms with van der Waals surface area (Å²) < 4.78 is 26.5. The van der Waals surface area contributed by atoms with Gasteiger partial charge in [-0.15, -0.1) is 11.6 Å². The molecule has 0 saturated carbocycles. The SMILES string of the molecule is Cc1cc(Cl)cc(C(Cl)c2ccc(F)cc2F)c1. The van der Waals surface area contributed by atoms with E-state index in [1.807, 2.05) is 13.0 Å². The predicted octanol–water partition coefficient (Wildman–Crippen LogP) is 5.25. The van der Waals surface area contributed by atoms with Crippen molar-refractivity contribution >= 4 is 23.2 Å². The van der Waals surface area contributed by atoms with Crippen molar-refractivity contribution in [3.05, 3.63) is 69.7 Å². The summed E-state index contributed by atoms with van der Waals surface area (Å²) in [6.07, 6.45) is 0. The third kappa shape index (κ3) is 2.82. The smallest absolute Gasteiger partial charge is 0.131 e. The average molecular weight is 287 g/mol. The van der Waals surface area contributed by atoms with Gasteiger partial charge in [0.1, 0.15) is 11.6 Å². The molecule has 4 heteroatoms. The van der Waals surface area contributed by atoms with Gasteiger partial charge in [-0.1, -0.05) is 23.7 Å². The van der Waals surface area contributed by atoms with E-state index in [1.54, 1.807) is 12.1 Å². The van der Waals surface area contributed by atoms with Gasteiger partial charge >= 0.3 is 0 Å². The first-order valence-corrected chi connectivity index (χ1v) is 6.15. The standard InChI is InChI=1S/C14H10Cl2F2/c1-8-4-9(6-10(15)5-8)14(16)12-3-2-11(17)7-13(12)18/h2-7,14H,1H3. The molecule has 2 aromatic carbocycles. The molecule has 0 fully saturated rings. The van der Waals surface area contributed by atoms with Gasteiger partial charge in [-0.2, -0.15) is 0 Å². The molecule has 2 aromatic rings. The molecule has 0 saturated heterocycles. The van der Waals surface area contributed by atoms with Crippen LogP contribution in [0.25, 0.3) is 0 Å². The number of hydrogen-bond acceptors (Lipinski definition) is 0. The normalized spacial score (nSPS) is 12.5. The Morgan fingerprint density at radius 3 is 2.39 bits per heavy atom. The Labute approximate surface area is 114 Å². The zero-order valence-electron chi connectivity index (χ0n) is 9.55. The third-order valence-electron chi connectivity index (χ3n) is 2.59. The minimum absolute atomic E-state index is 0.236. The highest BCUT2D eigenvalue weighted by Crippen LogP contribution is 2.32. The molecule has 0 spiro atoms. The van der Waals surface area contributed by atoms with Gasteiger partial charge in [-0.3, -0.25) is 0 Å². The molecule has 94 valence electrons. The Hall–Kier alpha value is -1.12. The van der Waals surface area contributed by atoms with Crippen molar-refractivity contribution in [1.82, 2.24) is 0 Å². The minimum Gasteiger partial charge on any atom is -0.207 e. The van der Waals surface area contributed by atoms with Crippen molar-refractivity contribution in [2.24, 2.45) is 0 Å². The lowest BCUT2D eigenvalue weighted by atomic mass is 10.0. The highest BCUT2D eigenvalue weighted by atomic mass is 35.5. The summed E-state index contributed by atoms with van der Waals surface area (Å²) in [6.45, 7) is 1.88. The number of rotatable bonds is 2. The molecule has 2 rings (SSSR count). The second kappa shape index (κ2) is 5.25. The van der Waals surface area contributed by atoms with Gasteiger partial charge in [0, 0.05) is 16.7 Å². The van der Waals surface area contributed by atoms with Crippen molar-refractivity contribution in [2.45, 2.75) is 12.3 Å². The van der Waals surface area contributed by atoms with Crippen LogP contribution < -0.4 is 0 Å². The summed E-state index contributed by atoms with van der Waals surface area (Å²) in [5.74, 6) is -1.28. The first-order chi connectivity index (χ1) is 8.47. The molecule has 0 heterocycles. The van der Waals surface area contributed by atoms with Crippen molar-refractivity contribution in [2.75, 3.05) is 0 Å². The van der Waals surface area contributed by atoms with Crippen molar-refractivity contribution in [3.63, 3.8) is 0 Å². The second-order valence-corrected chi connectivity index (χ2v) is 4.96. The Morgan fingerprint density at radius 2 is 1.78 bits per heavy atom. The summed E-state index contributed by atoms with van der Waals surface area (Å²) in [5.41, 5.74) is 1.86. The van der Waals surface area contributed by atoms with Gasteiger partial charge in [0.15, 0.2) is 0 Å². The van der Waals surface area contributed by atoms with E-state index < -0.39 is 17.0 Å². The van der Waals surface area contributed by atoms with E-state index in [-0.39, 0.29) is 5.56 Å². The van der Waals surface area contributed by atoms with Crippen LogP contribution in [0, 0.1) is 18.6 Å². The zero-order chi connectivity index (χ0) is 13.3. The van der Waals surface area contributed by atoms with Gasteiger partial charge in [-0.05, 0) is 36.2 Å². The Morgan fingerprint density at radius 1 is 1.06 bits per heavy atom. The fourth-order valence-corrected chi connectivity index (χ4v) is 2.40. The molecule has 1 unspecified atom stereocenters. The maximum atomic E-state index is 13.6. The van der Waals surface area contributed by atoms with Gasteiger partial charge in [-0.25, -0.2) is 8.78 Å². The Bertz CT molecular complexity index is 562. The van der Waals surface area contributed by atoms with E-state index >= 15 is 0 Å². The van der Waals surface area contributed by atoms with Crippen LogP contribution in [0.3, 0.4) is 0 Å². The largest absolute Gasteiger partial charge is 0.207 e. The van der Waals surface area contributed by atoms with Crippen molar-refractivity contribution in [1.29, 1.82) is 0 Å². The second-order valence-electron chi connectivity index (χ2n) is 4.09. The molecule has 0 radical (unpaired) electrons. The molecule has 18 heavy (non-hydrogen) atoms. The highest BCUT2D eigenvalue weighted by Gasteiger charge is 2.16. The molecule has 0 nitrogen and oxygen atoms in total. The number of alkyl halides is 1. The van der Waals surface area contributed by atoms with Gasteiger partial charge in [0.05, 0.1) is 5.38 Å². The topological polar surface area (TPSA) is 0 Å². The summed E-state index contributed by atoms with van der Waals surface area (Å²) in [6, 6.07) is 8.64. The summed E-state index contributed by atoms with van der Waals surface area (Å²) in [7, 11) is 0. The van der Waals surface area contributed by atoms with Gasteiger partial charge in [0.25, 0.3) is 0 Å². The van der Waals surface area contributed by atoms with Crippen molar-refractivity contribution in [3.8, 4) is 0 Å². The van der Waals surface area contributed by atoms with Crippen LogP contribution in [0.15, 0.2) is 36.4 Å². The summed E-state index contributed by atoms with van der Waals surface area (Å²) >= 11 is 12.1. The zero-order valence-corrected chi connectivity index (χ0v) is 11.1. The Kier molecular flexibility index (Phi) is 3.88. The van der Waals surface area contributed by atoms with Crippen LogP contribution >= 0.6 is 23.2 Å². The molecule has 0 aliphatic rings. The molecule has 0 aliphatic heterocycles. The fraction of sp³-hybridized carbons (Fsp3) is 0.143. The van der Waals surface area contributed by atoms with Crippen LogP contribution in [0.2, 0.25) is 5.02 Å². The van der Waals surface area contributed by atoms with Crippen LogP contribution in [0.1, 0.15) is 22.1 Å². The van der Waals surface area contributed by atoms with Gasteiger partial charge < -0.3 is 0 Å². The molecule has 0 aliphatic carbocycles.